The maximum Gasteiger partial charge on any atom is 0.101 e. The van der Waals surface area contributed by atoms with Crippen LogP contribution in [-0.2, 0) is 0 Å². The summed E-state index contributed by atoms with van der Waals surface area (Å²) in [5.41, 5.74) is 3.46. The monoisotopic (exact) mass is 252 g/mol. The second-order valence-corrected chi connectivity index (χ2v) is 3.48. The van der Waals surface area contributed by atoms with Crippen LogP contribution in [-0.4, -0.2) is 5.21 Å². The minimum absolute atomic E-state index is 0.634. The Morgan fingerprint density at radius 2 is 2.43 bits per heavy atom. The number of hydrogen-bond acceptors (Lipinski definition) is 3. The Hall–Kier alpha value is -1.31. The summed E-state index contributed by atoms with van der Waals surface area (Å²) in [6.45, 7) is 0. The molecule has 2 N–H and O–H groups in total. The lowest BCUT2D eigenvalue weighted by Crippen LogP contribution is -1.94. The molecule has 3 nitrogen and oxygen atoms in total. The molecule has 0 aromatic carbocycles. The normalized spacial score (nSPS) is 19.1. The fraction of sp³-hybridized carbons (Fsp3) is 0.100. The molecule has 0 radical (unpaired) electrons. The third-order valence-corrected chi connectivity index (χ3v) is 2.40. The van der Waals surface area contributed by atoms with E-state index < -0.39 is 0 Å². The first-order valence-corrected chi connectivity index (χ1v) is 4.81. The van der Waals surface area contributed by atoms with E-state index in [2.05, 4.69) is 22.0 Å². The minimum atomic E-state index is 0.634. The zero-order valence-electron chi connectivity index (χ0n) is 7.37. The van der Waals surface area contributed by atoms with Crippen LogP contribution < -0.4 is 5.48 Å². The highest BCUT2D eigenvalue weighted by Crippen LogP contribution is 2.27. The van der Waals surface area contributed by atoms with Crippen molar-refractivity contribution in [2.75, 3.05) is 0 Å². The maximum atomic E-state index is 8.89. The van der Waals surface area contributed by atoms with Crippen LogP contribution in [0.25, 0.3) is 0 Å². The molecule has 0 aromatic rings. The van der Waals surface area contributed by atoms with E-state index in [0.717, 1.165) is 16.5 Å². The van der Waals surface area contributed by atoms with Gasteiger partial charge in [0.2, 0.25) is 0 Å². The smallest absolute Gasteiger partial charge is 0.101 e. The Balaban J connectivity index is 2.93. The summed E-state index contributed by atoms with van der Waals surface area (Å²) < 4.78 is 0.794. The van der Waals surface area contributed by atoms with E-state index in [4.69, 9.17) is 10.5 Å². The van der Waals surface area contributed by atoms with Gasteiger partial charge in [-0.05, 0) is 34.0 Å². The van der Waals surface area contributed by atoms with Gasteiger partial charge in [-0.1, -0.05) is 18.2 Å². The van der Waals surface area contributed by atoms with E-state index in [1.165, 1.54) is 6.20 Å². The van der Waals surface area contributed by atoms with Gasteiger partial charge in [0.15, 0.2) is 0 Å². The molecule has 0 amide bonds. The number of rotatable bonds is 2. The van der Waals surface area contributed by atoms with Crippen LogP contribution in [0.2, 0.25) is 0 Å². The van der Waals surface area contributed by atoms with E-state index in [0.29, 0.717) is 5.57 Å². The average Bonchev–Trinajstić information content (AvgIpc) is 2.18. The lowest BCUT2D eigenvalue weighted by Gasteiger charge is -2.08. The predicted octanol–water partition coefficient (Wildman–Crippen LogP) is 2.54. The zero-order valence-corrected chi connectivity index (χ0v) is 8.95. The van der Waals surface area contributed by atoms with Crippen LogP contribution in [0.4, 0.5) is 0 Å². The second kappa shape index (κ2) is 5.43. The number of hydroxylamine groups is 1. The summed E-state index contributed by atoms with van der Waals surface area (Å²) in [6, 6.07) is 2.13. The molecular formula is C10H9BrN2O. The molecule has 4 heteroatoms. The van der Waals surface area contributed by atoms with Crippen molar-refractivity contribution < 1.29 is 5.21 Å². The number of nitriles is 1. The Bertz CT molecular complexity index is 372. The molecule has 0 heterocycles. The highest BCUT2D eigenvalue weighted by atomic mass is 79.9. The molecule has 0 saturated heterocycles. The van der Waals surface area contributed by atoms with Crippen molar-refractivity contribution in [3.63, 3.8) is 0 Å². The van der Waals surface area contributed by atoms with Crippen LogP contribution in [0.1, 0.15) is 6.42 Å². The molecule has 0 fully saturated rings. The van der Waals surface area contributed by atoms with E-state index in [1.54, 1.807) is 12.2 Å². The summed E-state index contributed by atoms with van der Waals surface area (Å²) in [5.74, 6) is 0. The Labute approximate surface area is 90.8 Å². The molecule has 1 aliphatic rings. The van der Waals surface area contributed by atoms with Gasteiger partial charge in [-0.2, -0.15) is 5.26 Å². The fourth-order valence-corrected chi connectivity index (χ4v) is 1.64. The van der Waals surface area contributed by atoms with Crippen LogP contribution in [0, 0.1) is 11.3 Å². The lowest BCUT2D eigenvalue weighted by atomic mass is 9.99. The molecule has 0 saturated carbocycles. The topological polar surface area (TPSA) is 56.0 Å². The third-order valence-electron chi connectivity index (χ3n) is 1.74. The van der Waals surface area contributed by atoms with Gasteiger partial charge in [-0.15, -0.1) is 0 Å². The van der Waals surface area contributed by atoms with Crippen molar-refractivity contribution >= 4 is 15.9 Å². The lowest BCUT2D eigenvalue weighted by molar-refractivity contribution is 0.214. The van der Waals surface area contributed by atoms with E-state index >= 15 is 0 Å². The molecule has 0 aromatic heterocycles. The summed E-state index contributed by atoms with van der Waals surface area (Å²) in [6.07, 6.45) is 9.38. The zero-order chi connectivity index (χ0) is 10.4. The molecule has 1 aliphatic carbocycles. The van der Waals surface area contributed by atoms with Crippen molar-refractivity contribution in [1.82, 2.24) is 5.48 Å². The number of hydrogen-bond donors (Lipinski definition) is 2. The largest absolute Gasteiger partial charge is 0.292 e. The van der Waals surface area contributed by atoms with E-state index in [9.17, 15) is 0 Å². The fourth-order valence-electron chi connectivity index (χ4n) is 1.11. The molecular weight excluding hydrogens is 244 g/mol. The molecule has 0 bridgehead atoms. The van der Waals surface area contributed by atoms with Gasteiger partial charge >= 0.3 is 0 Å². The molecule has 1 rings (SSSR count). The Morgan fingerprint density at radius 1 is 1.64 bits per heavy atom. The van der Waals surface area contributed by atoms with Crippen molar-refractivity contribution in [1.29, 1.82) is 5.26 Å². The van der Waals surface area contributed by atoms with Gasteiger partial charge in [0, 0.05) is 10.7 Å². The Kier molecular flexibility index (Phi) is 4.17. The van der Waals surface area contributed by atoms with Gasteiger partial charge in [0.1, 0.15) is 6.07 Å². The molecule has 0 unspecified atom stereocenters. The highest BCUT2D eigenvalue weighted by Gasteiger charge is 2.09. The molecule has 0 atom stereocenters. The average molecular weight is 253 g/mol. The van der Waals surface area contributed by atoms with E-state index in [1.807, 2.05) is 17.6 Å². The van der Waals surface area contributed by atoms with Crippen molar-refractivity contribution in [3.8, 4) is 6.07 Å². The first-order valence-electron chi connectivity index (χ1n) is 4.01. The highest BCUT2D eigenvalue weighted by molar-refractivity contribution is 9.11. The van der Waals surface area contributed by atoms with Gasteiger partial charge in [0.05, 0.1) is 5.57 Å². The van der Waals surface area contributed by atoms with Crippen molar-refractivity contribution in [2.24, 2.45) is 0 Å². The third kappa shape index (κ3) is 2.59. The first kappa shape index (κ1) is 10.8. The number of nitrogens with one attached hydrogen (secondary N) is 1. The summed E-state index contributed by atoms with van der Waals surface area (Å²) in [7, 11) is 0. The van der Waals surface area contributed by atoms with Gasteiger partial charge in [-0.25, -0.2) is 0 Å². The van der Waals surface area contributed by atoms with Crippen LogP contribution in [0.3, 0.4) is 0 Å². The van der Waals surface area contributed by atoms with Crippen molar-refractivity contribution in [3.05, 3.63) is 46.1 Å². The predicted molar refractivity (Wildman–Crippen MR) is 57.5 cm³/mol. The SMILES string of the molecule is N#CC1=C(Br)C=CC/C1=C\C=C/NO. The molecule has 0 spiro atoms. The van der Waals surface area contributed by atoms with Crippen LogP contribution in [0.15, 0.2) is 46.1 Å². The van der Waals surface area contributed by atoms with E-state index in [-0.39, 0.29) is 0 Å². The van der Waals surface area contributed by atoms with Crippen molar-refractivity contribution in [2.45, 2.75) is 6.42 Å². The molecule has 0 aliphatic heterocycles. The number of allylic oxidation sites excluding steroid dienone is 7. The van der Waals surface area contributed by atoms with Gasteiger partial charge in [-0.3, -0.25) is 10.7 Å². The van der Waals surface area contributed by atoms with Gasteiger partial charge < -0.3 is 0 Å². The Morgan fingerprint density at radius 3 is 3.07 bits per heavy atom. The van der Waals surface area contributed by atoms with Crippen LogP contribution in [0.5, 0.6) is 0 Å². The van der Waals surface area contributed by atoms with Gasteiger partial charge in [0.25, 0.3) is 0 Å². The quantitative estimate of drug-likeness (QED) is 0.743. The summed E-state index contributed by atoms with van der Waals surface area (Å²) in [4.78, 5) is 0. The number of halogens is 1. The maximum absolute atomic E-state index is 8.89. The minimum Gasteiger partial charge on any atom is -0.292 e. The van der Waals surface area contributed by atoms with Crippen LogP contribution >= 0.6 is 15.9 Å². The summed E-state index contributed by atoms with van der Waals surface area (Å²) in [5, 5.41) is 17.2. The summed E-state index contributed by atoms with van der Waals surface area (Å²) >= 11 is 3.30. The number of nitrogens with zero attached hydrogens (tertiary/aromatic N) is 1. The standard InChI is InChI=1S/C10H9BrN2O/c11-10-5-1-3-8(9(10)7-12)4-2-6-13-14/h1-2,4-6,13-14H,3H2/b6-2-,8-4+. The second-order valence-electron chi connectivity index (χ2n) is 2.62. The first-order chi connectivity index (χ1) is 6.79. The molecule has 14 heavy (non-hydrogen) atoms. The molecule has 72 valence electrons.